The van der Waals surface area contributed by atoms with E-state index in [1.165, 1.54) is 4.90 Å². The van der Waals surface area contributed by atoms with Gasteiger partial charge in [0.2, 0.25) is 21.8 Å². The average molecular weight is 557 g/mol. The molecule has 0 saturated heterocycles. The number of nitrogens with zero attached hydrogens (tertiary/aromatic N) is 2. The molecule has 0 bridgehead atoms. The van der Waals surface area contributed by atoms with Crippen LogP contribution in [0.15, 0.2) is 42.5 Å². The lowest BCUT2D eigenvalue weighted by Gasteiger charge is -2.32. The molecular weight excluding hydrogens is 521 g/mol. The van der Waals surface area contributed by atoms with Gasteiger partial charge >= 0.3 is 0 Å². The van der Waals surface area contributed by atoms with E-state index in [0.29, 0.717) is 27.8 Å². The molecule has 1 atom stereocenters. The minimum Gasteiger partial charge on any atom is -0.354 e. The Kier molecular flexibility index (Phi) is 10.6. The maximum atomic E-state index is 13.7. The number of halogens is 2. The highest BCUT2D eigenvalue weighted by Crippen LogP contribution is 2.29. The number of anilines is 1. The van der Waals surface area contributed by atoms with E-state index in [1.54, 1.807) is 37.3 Å². The molecule has 2 amide bonds. The van der Waals surface area contributed by atoms with Crippen LogP contribution in [0.3, 0.4) is 0 Å². The van der Waals surface area contributed by atoms with Gasteiger partial charge in [0.15, 0.2) is 0 Å². The zero-order valence-corrected chi connectivity index (χ0v) is 23.9. The molecule has 2 rings (SSSR count). The third-order valence-electron chi connectivity index (χ3n) is 5.70. The van der Waals surface area contributed by atoms with Crippen molar-refractivity contribution in [2.24, 2.45) is 5.92 Å². The van der Waals surface area contributed by atoms with Crippen molar-refractivity contribution in [1.29, 1.82) is 0 Å². The standard InChI is InChI=1S/C26H35Cl2N3O4S/c1-17(2)14-29-26(33)19(5)30(15-20-11-12-22(27)23(28)13-20)25(32)16-31(36(6,34)35)24-10-8-7-9-21(24)18(3)4/h7-13,17-19H,14-16H2,1-6H3,(H,29,33)/t19-/m1/s1. The normalized spacial score (nSPS) is 12.5. The minimum absolute atomic E-state index is 0.0357. The van der Waals surface area contributed by atoms with Crippen LogP contribution in [0, 0.1) is 5.92 Å². The SMILES string of the molecule is CC(C)CNC(=O)[C@@H](C)N(Cc1ccc(Cl)c(Cl)c1)C(=O)CN(c1ccccc1C(C)C)S(C)(=O)=O. The Morgan fingerprint density at radius 2 is 1.61 bits per heavy atom. The van der Waals surface area contributed by atoms with Gasteiger partial charge < -0.3 is 10.2 Å². The van der Waals surface area contributed by atoms with Gasteiger partial charge in [0.25, 0.3) is 0 Å². The number of carbonyl (C=O) groups is 2. The van der Waals surface area contributed by atoms with E-state index < -0.39 is 28.5 Å². The van der Waals surface area contributed by atoms with Crippen LogP contribution in [0.1, 0.15) is 51.7 Å². The number of benzene rings is 2. The molecule has 0 aromatic heterocycles. The van der Waals surface area contributed by atoms with Gasteiger partial charge in [-0.15, -0.1) is 0 Å². The molecule has 0 saturated carbocycles. The molecule has 2 aromatic rings. The van der Waals surface area contributed by atoms with Crippen LogP contribution in [0.25, 0.3) is 0 Å². The van der Waals surface area contributed by atoms with Crippen LogP contribution in [-0.4, -0.2) is 50.5 Å². The number of para-hydroxylation sites is 1. The van der Waals surface area contributed by atoms with Crippen molar-refractivity contribution in [2.45, 2.75) is 53.1 Å². The molecule has 36 heavy (non-hydrogen) atoms. The molecule has 0 aliphatic heterocycles. The number of amides is 2. The Labute approximate surface area is 224 Å². The molecular formula is C26H35Cl2N3O4S. The molecule has 0 radical (unpaired) electrons. The topological polar surface area (TPSA) is 86.8 Å². The largest absolute Gasteiger partial charge is 0.354 e. The number of carbonyl (C=O) groups excluding carboxylic acids is 2. The van der Waals surface area contributed by atoms with E-state index in [2.05, 4.69) is 5.32 Å². The lowest BCUT2D eigenvalue weighted by Crippen LogP contribution is -2.51. The molecule has 0 spiro atoms. The summed E-state index contributed by atoms with van der Waals surface area (Å²) in [5.41, 5.74) is 1.90. The van der Waals surface area contributed by atoms with E-state index >= 15 is 0 Å². The third-order valence-corrected chi connectivity index (χ3v) is 7.56. The zero-order valence-electron chi connectivity index (χ0n) is 21.6. The van der Waals surface area contributed by atoms with Crippen LogP contribution in [0.4, 0.5) is 5.69 Å². The van der Waals surface area contributed by atoms with Crippen molar-refractivity contribution in [3.8, 4) is 0 Å². The number of rotatable bonds is 11. The van der Waals surface area contributed by atoms with Gasteiger partial charge in [0.1, 0.15) is 12.6 Å². The van der Waals surface area contributed by atoms with E-state index in [4.69, 9.17) is 23.2 Å². The van der Waals surface area contributed by atoms with Crippen LogP contribution < -0.4 is 9.62 Å². The fourth-order valence-corrected chi connectivity index (χ4v) is 4.86. The summed E-state index contributed by atoms with van der Waals surface area (Å²) in [4.78, 5) is 28.0. The Morgan fingerprint density at radius 3 is 2.17 bits per heavy atom. The van der Waals surface area contributed by atoms with Crippen LogP contribution in [0.5, 0.6) is 0 Å². The monoisotopic (exact) mass is 555 g/mol. The summed E-state index contributed by atoms with van der Waals surface area (Å²) in [6.45, 7) is 9.53. The summed E-state index contributed by atoms with van der Waals surface area (Å²) < 4.78 is 26.8. The number of sulfonamides is 1. The smallest absolute Gasteiger partial charge is 0.244 e. The van der Waals surface area contributed by atoms with Gasteiger partial charge in [-0.2, -0.15) is 0 Å². The minimum atomic E-state index is -3.81. The van der Waals surface area contributed by atoms with Crippen LogP contribution >= 0.6 is 23.2 Å². The molecule has 198 valence electrons. The summed E-state index contributed by atoms with van der Waals surface area (Å²) in [5.74, 6) is -0.579. The first-order chi connectivity index (χ1) is 16.7. The quantitative estimate of drug-likeness (QED) is 0.419. The van der Waals surface area contributed by atoms with Gasteiger partial charge in [0.05, 0.1) is 22.0 Å². The zero-order chi connectivity index (χ0) is 27.2. The Hall–Kier alpha value is -2.29. The first-order valence-electron chi connectivity index (χ1n) is 11.8. The molecule has 0 aliphatic carbocycles. The molecule has 0 fully saturated rings. The van der Waals surface area contributed by atoms with Crippen molar-refractivity contribution < 1.29 is 18.0 Å². The second-order valence-corrected chi connectivity index (χ2v) is 12.3. The predicted octanol–water partition coefficient (Wildman–Crippen LogP) is 5.07. The van der Waals surface area contributed by atoms with Gasteiger partial charge in [-0.1, -0.05) is 75.2 Å². The van der Waals surface area contributed by atoms with Crippen LogP contribution in [-0.2, 0) is 26.2 Å². The summed E-state index contributed by atoms with van der Waals surface area (Å²) in [7, 11) is -3.81. The molecule has 2 aromatic carbocycles. The lowest BCUT2D eigenvalue weighted by molar-refractivity contribution is -0.139. The molecule has 0 unspecified atom stereocenters. The maximum Gasteiger partial charge on any atom is 0.244 e. The molecule has 7 nitrogen and oxygen atoms in total. The number of hydrogen-bond acceptors (Lipinski definition) is 4. The van der Waals surface area contributed by atoms with Crippen molar-refractivity contribution in [2.75, 3.05) is 23.7 Å². The number of nitrogens with one attached hydrogen (secondary N) is 1. The van der Waals surface area contributed by atoms with E-state index in [-0.39, 0.29) is 24.3 Å². The van der Waals surface area contributed by atoms with Crippen molar-refractivity contribution >= 4 is 50.7 Å². The fourth-order valence-electron chi connectivity index (χ4n) is 3.67. The highest BCUT2D eigenvalue weighted by molar-refractivity contribution is 7.92. The molecule has 1 N–H and O–H groups in total. The summed E-state index contributed by atoms with van der Waals surface area (Å²) in [5, 5.41) is 3.54. The van der Waals surface area contributed by atoms with Gasteiger partial charge in [-0.3, -0.25) is 13.9 Å². The van der Waals surface area contributed by atoms with E-state index in [0.717, 1.165) is 16.1 Å². The number of hydrogen-bond donors (Lipinski definition) is 1. The van der Waals surface area contributed by atoms with E-state index in [1.807, 2.05) is 39.8 Å². The van der Waals surface area contributed by atoms with Crippen molar-refractivity contribution in [1.82, 2.24) is 10.2 Å². The predicted molar refractivity (Wildman–Crippen MR) is 147 cm³/mol. The van der Waals surface area contributed by atoms with Gasteiger partial charge in [-0.25, -0.2) is 8.42 Å². The Balaban J connectivity index is 2.46. The van der Waals surface area contributed by atoms with Gasteiger partial charge in [0, 0.05) is 13.1 Å². The first-order valence-corrected chi connectivity index (χ1v) is 14.4. The van der Waals surface area contributed by atoms with Crippen molar-refractivity contribution in [3.63, 3.8) is 0 Å². The van der Waals surface area contributed by atoms with Crippen molar-refractivity contribution in [3.05, 3.63) is 63.6 Å². The molecule has 10 heteroatoms. The summed E-state index contributed by atoms with van der Waals surface area (Å²) in [6.07, 6.45) is 1.07. The second-order valence-electron chi connectivity index (χ2n) is 9.57. The highest BCUT2D eigenvalue weighted by Gasteiger charge is 2.31. The summed E-state index contributed by atoms with van der Waals surface area (Å²) >= 11 is 12.2. The molecule has 0 heterocycles. The third kappa shape index (κ3) is 8.11. The Morgan fingerprint density at radius 1 is 0.972 bits per heavy atom. The lowest BCUT2D eigenvalue weighted by atomic mass is 10.0. The van der Waals surface area contributed by atoms with Crippen LogP contribution in [0.2, 0.25) is 10.0 Å². The fraction of sp³-hybridized carbons (Fsp3) is 0.462. The maximum absolute atomic E-state index is 13.7. The first kappa shape index (κ1) is 29.9. The van der Waals surface area contributed by atoms with Gasteiger partial charge in [-0.05, 0) is 48.1 Å². The average Bonchev–Trinajstić information content (AvgIpc) is 2.80. The summed E-state index contributed by atoms with van der Waals surface area (Å²) in [6, 6.07) is 11.2. The molecule has 0 aliphatic rings. The highest BCUT2D eigenvalue weighted by atomic mass is 35.5. The Bertz CT molecular complexity index is 1190. The van der Waals surface area contributed by atoms with E-state index in [9.17, 15) is 18.0 Å². The second kappa shape index (κ2) is 12.8.